The van der Waals surface area contributed by atoms with Gasteiger partial charge in [-0.2, -0.15) is 5.10 Å². The topological polar surface area (TPSA) is 93.2 Å². The van der Waals surface area contributed by atoms with Crippen LogP contribution >= 0.6 is 0 Å². The molecule has 1 aliphatic heterocycles. The summed E-state index contributed by atoms with van der Waals surface area (Å²) in [7, 11) is 0. The Morgan fingerprint density at radius 1 is 1.29 bits per heavy atom. The minimum absolute atomic E-state index is 0.00537. The molecule has 0 saturated carbocycles. The lowest BCUT2D eigenvalue weighted by Crippen LogP contribution is -2.40. The quantitative estimate of drug-likeness (QED) is 0.904. The molecule has 3 amide bonds. The molecule has 0 radical (unpaired) electrons. The molecule has 0 aliphatic carbocycles. The number of primary amides is 1. The number of nitrogens with two attached hydrogens (primary N) is 1. The molecule has 3 rings (SSSR count). The standard InChI is InChI=1S/C17H21N5O2/c1-12-9-19-22(10-12)15-3-2-8-21(11-15)16(23)13-4-6-14(7-5-13)20-17(18)24/h4-7,9-10,15H,2-3,8,11H2,1H3,(H3,18,20,24). The maximum Gasteiger partial charge on any atom is 0.316 e. The SMILES string of the molecule is Cc1cnn(C2CCCN(C(=O)c3ccc(NC(N)=O)cc3)C2)c1. The summed E-state index contributed by atoms with van der Waals surface area (Å²) in [5, 5.41) is 6.86. The highest BCUT2D eigenvalue weighted by molar-refractivity contribution is 5.95. The molecule has 1 fully saturated rings. The third-order valence-electron chi connectivity index (χ3n) is 4.19. The summed E-state index contributed by atoms with van der Waals surface area (Å²) in [4.78, 5) is 25.4. The van der Waals surface area contributed by atoms with E-state index in [0.29, 0.717) is 17.8 Å². The van der Waals surface area contributed by atoms with Gasteiger partial charge in [-0.25, -0.2) is 4.79 Å². The molecule has 1 aromatic heterocycles. The number of aromatic nitrogens is 2. The van der Waals surface area contributed by atoms with Gasteiger partial charge in [0.25, 0.3) is 5.91 Å². The fraction of sp³-hybridized carbons (Fsp3) is 0.353. The average Bonchev–Trinajstić information content (AvgIpc) is 3.01. The third kappa shape index (κ3) is 3.56. The summed E-state index contributed by atoms with van der Waals surface area (Å²) in [6.07, 6.45) is 5.83. The molecule has 1 saturated heterocycles. The number of benzene rings is 1. The number of hydrogen-bond acceptors (Lipinski definition) is 3. The highest BCUT2D eigenvalue weighted by Gasteiger charge is 2.25. The minimum Gasteiger partial charge on any atom is -0.351 e. The number of nitrogens with one attached hydrogen (secondary N) is 1. The van der Waals surface area contributed by atoms with Gasteiger partial charge in [0.1, 0.15) is 0 Å². The highest BCUT2D eigenvalue weighted by Crippen LogP contribution is 2.23. The normalized spacial score (nSPS) is 17.5. The fourth-order valence-corrected chi connectivity index (χ4v) is 3.01. The first-order chi connectivity index (χ1) is 11.5. The van der Waals surface area contributed by atoms with Crippen molar-refractivity contribution in [3.8, 4) is 0 Å². The lowest BCUT2D eigenvalue weighted by molar-refractivity contribution is 0.0673. The van der Waals surface area contributed by atoms with Crippen molar-refractivity contribution in [3.63, 3.8) is 0 Å². The van der Waals surface area contributed by atoms with E-state index >= 15 is 0 Å². The van der Waals surface area contributed by atoms with Crippen molar-refractivity contribution in [1.82, 2.24) is 14.7 Å². The van der Waals surface area contributed by atoms with Gasteiger partial charge in [-0.1, -0.05) is 0 Å². The lowest BCUT2D eigenvalue weighted by atomic mass is 10.0. The van der Waals surface area contributed by atoms with Crippen LogP contribution in [0.1, 0.15) is 34.8 Å². The summed E-state index contributed by atoms with van der Waals surface area (Å²) in [5.74, 6) is -0.00537. The molecule has 1 atom stereocenters. The number of rotatable bonds is 3. The number of piperidine rings is 1. The number of anilines is 1. The van der Waals surface area contributed by atoms with Crippen molar-refractivity contribution in [2.75, 3.05) is 18.4 Å². The number of nitrogens with zero attached hydrogens (tertiary/aromatic N) is 3. The summed E-state index contributed by atoms with van der Waals surface area (Å²) in [6, 6.07) is 6.35. The summed E-state index contributed by atoms with van der Waals surface area (Å²) in [5.41, 5.74) is 7.37. The van der Waals surface area contributed by atoms with Crippen LogP contribution in [-0.2, 0) is 0 Å². The molecular weight excluding hydrogens is 306 g/mol. The van der Waals surface area contributed by atoms with Crippen molar-refractivity contribution in [2.24, 2.45) is 5.73 Å². The maximum atomic E-state index is 12.7. The van der Waals surface area contributed by atoms with Gasteiger partial charge >= 0.3 is 6.03 Å². The Morgan fingerprint density at radius 2 is 2.04 bits per heavy atom. The van der Waals surface area contributed by atoms with Gasteiger partial charge in [0.05, 0.1) is 12.2 Å². The van der Waals surface area contributed by atoms with Gasteiger partial charge in [-0.15, -0.1) is 0 Å². The van der Waals surface area contributed by atoms with Crippen molar-refractivity contribution in [1.29, 1.82) is 0 Å². The van der Waals surface area contributed by atoms with Gasteiger partial charge in [0.2, 0.25) is 0 Å². The number of hydrogen-bond donors (Lipinski definition) is 2. The van der Waals surface area contributed by atoms with Crippen LogP contribution in [0.2, 0.25) is 0 Å². The van der Waals surface area contributed by atoms with E-state index in [0.717, 1.165) is 24.9 Å². The predicted molar refractivity (Wildman–Crippen MR) is 90.8 cm³/mol. The zero-order valence-electron chi connectivity index (χ0n) is 13.6. The van der Waals surface area contributed by atoms with Crippen molar-refractivity contribution < 1.29 is 9.59 Å². The lowest BCUT2D eigenvalue weighted by Gasteiger charge is -2.33. The first-order valence-electron chi connectivity index (χ1n) is 7.99. The summed E-state index contributed by atoms with van der Waals surface area (Å²) in [6.45, 7) is 3.41. The smallest absolute Gasteiger partial charge is 0.316 e. The van der Waals surface area contributed by atoms with Crippen LogP contribution in [0.5, 0.6) is 0 Å². The van der Waals surface area contributed by atoms with Gasteiger partial charge in [0.15, 0.2) is 0 Å². The monoisotopic (exact) mass is 327 g/mol. The Hall–Kier alpha value is -2.83. The fourth-order valence-electron chi connectivity index (χ4n) is 3.01. The molecule has 7 heteroatoms. The molecule has 24 heavy (non-hydrogen) atoms. The van der Waals surface area contributed by atoms with Crippen molar-refractivity contribution in [2.45, 2.75) is 25.8 Å². The van der Waals surface area contributed by atoms with Gasteiger partial charge in [0, 0.05) is 30.5 Å². The van der Waals surface area contributed by atoms with Gasteiger partial charge < -0.3 is 16.0 Å². The number of urea groups is 1. The number of carbonyl (C=O) groups excluding carboxylic acids is 2. The van der Waals surface area contributed by atoms with Crippen molar-refractivity contribution in [3.05, 3.63) is 47.8 Å². The van der Waals surface area contributed by atoms with Crippen LogP contribution in [-0.4, -0.2) is 39.7 Å². The van der Waals surface area contributed by atoms with E-state index in [1.807, 2.05) is 28.9 Å². The maximum absolute atomic E-state index is 12.7. The van der Waals surface area contributed by atoms with Gasteiger partial charge in [-0.05, 0) is 49.6 Å². The molecule has 1 aliphatic rings. The highest BCUT2D eigenvalue weighted by atomic mass is 16.2. The second-order valence-electron chi connectivity index (χ2n) is 6.11. The first-order valence-corrected chi connectivity index (χ1v) is 7.99. The molecule has 1 unspecified atom stereocenters. The Balaban J connectivity index is 1.68. The second kappa shape index (κ2) is 6.74. The zero-order chi connectivity index (χ0) is 17.1. The first kappa shape index (κ1) is 16.0. The molecule has 0 spiro atoms. The Kier molecular flexibility index (Phi) is 4.50. The molecule has 2 aromatic rings. The number of amides is 3. The Morgan fingerprint density at radius 3 is 2.67 bits per heavy atom. The van der Waals surface area contributed by atoms with Crippen LogP contribution in [0.4, 0.5) is 10.5 Å². The summed E-state index contributed by atoms with van der Waals surface area (Å²) < 4.78 is 1.95. The average molecular weight is 327 g/mol. The second-order valence-corrected chi connectivity index (χ2v) is 6.11. The molecule has 0 bridgehead atoms. The van der Waals surface area contributed by atoms with Gasteiger partial charge in [-0.3, -0.25) is 9.48 Å². The van der Waals surface area contributed by atoms with Crippen LogP contribution < -0.4 is 11.1 Å². The number of carbonyl (C=O) groups is 2. The molecule has 1 aromatic carbocycles. The zero-order valence-corrected chi connectivity index (χ0v) is 13.6. The molecular formula is C17H21N5O2. The number of likely N-dealkylation sites (tertiary alicyclic amines) is 1. The van der Waals surface area contributed by atoms with Crippen LogP contribution in [0.25, 0.3) is 0 Å². The van der Waals surface area contributed by atoms with Crippen molar-refractivity contribution >= 4 is 17.6 Å². The largest absolute Gasteiger partial charge is 0.351 e. The van der Waals surface area contributed by atoms with Crippen LogP contribution in [0.3, 0.4) is 0 Å². The van der Waals surface area contributed by atoms with E-state index in [1.54, 1.807) is 24.3 Å². The molecule has 126 valence electrons. The van der Waals surface area contributed by atoms with E-state index < -0.39 is 6.03 Å². The Labute approximate surface area is 140 Å². The molecule has 3 N–H and O–H groups in total. The van der Waals surface area contributed by atoms with E-state index in [2.05, 4.69) is 10.4 Å². The van der Waals surface area contributed by atoms with E-state index in [9.17, 15) is 9.59 Å². The Bertz CT molecular complexity index is 738. The molecule has 7 nitrogen and oxygen atoms in total. The summed E-state index contributed by atoms with van der Waals surface area (Å²) >= 11 is 0. The predicted octanol–water partition coefficient (Wildman–Crippen LogP) is 2.16. The third-order valence-corrected chi connectivity index (χ3v) is 4.19. The number of aryl methyl sites for hydroxylation is 1. The van der Waals surface area contributed by atoms with E-state index in [4.69, 9.17) is 5.73 Å². The van der Waals surface area contributed by atoms with Crippen LogP contribution in [0.15, 0.2) is 36.7 Å². The van der Waals surface area contributed by atoms with E-state index in [1.165, 1.54) is 0 Å². The van der Waals surface area contributed by atoms with Crippen LogP contribution in [0, 0.1) is 6.92 Å². The van der Waals surface area contributed by atoms with E-state index in [-0.39, 0.29) is 11.9 Å². The minimum atomic E-state index is -0.623. The molecule has 2 heterocycles.